The van der Waals surface area contributed by atoms with Gasteiger partial charge in [-0.25, -0.2) is 0 Å². The van der Waals surface area contributed by atoms with Crippen LogP contribution >= 0.6 is 11.6 Å². The van der Waals surface area contributed by atoms with Gasteiger partial charge in [0, 0.05) is 23.2 Å². The summed E-state index contributed by atoms with van der Waals surface area (Å²) in [5, 5.41) is 11.1. The lowest BCUT2D eigenvalue weighted by atomic mass is 9.85. The van der Waals surface area contributed by atoms with E-state index in [1.54, 1.807) is 19.2 Å². The minimum absolute atomic E-state index is 0.262. The van der Waals surface area contributed by atoms with Crippen LogP contribution in [0.3, 0.4) is 0 Å². The van der Waals surface area contributed by atoms with Gasteiger partial charge in [0.2, 0.25) is 0 Å². The van der Waals surface area contributed by atoms with Crippen molar-refractivity contribution in [3.63, 3.8) is 0 Å². The van der Waals surface area contributed by atoms with Crippen LogP contribution in [0.25, 0.3) is 0 Å². The molecule has 0 unspecified atom stereocenters. The van der Waals surface area contributed by atoms with Crippen molar-refractivity contribution in [2.24, 2.45) is 5.73 Å². The third kappa shape index (κ3) is 3.57. The second kappa shape index (κ2) is 6.66. The van der Waals surface area contributed by atoms with Gasteiger partial charge in [0.15, 0.2) is 11.5 Å². The fraction of sp³-hybridized carbons (Fsp3) is 0.600. The van der Waals surface area contributed by atoms with E-state index in [-0.39, 0.29) is 6.61 Å². The third-order valence-electron chi connectivity index (χ3n) is 3.81. The first-order valence-corrected chi connectivity index (χ1v) is 7.37. The van der Waals surface area contributed by atoms with Crippen molar-refractivity contribution in [1.29, 1.82) is 0 Å². The van der Waals surface area contributed by atoms with Crippen LogP contribution in [0.1, 0.15) is 37.7 Å². The number of ether oxygens (including phenoxy) is 2. The number of hydrogen-bond donors (Lipinski definition) is 2. The lowest BCUT2D eigenvalue weighted by molar-refractivity contribution is -0.0345. The lowest BCUT2D eigenvalue weighted by Gasteiger charge is -2.32. The van der Waals surface area contributed by atoms with Gasteiger partial charge in [-0.3, -0.25) is 0 Å². The standard InChI is InChI=1S/C15H22ClNO3/c1-19-13-8-12(16)7-11(9-17)14(13)20-10-15(18)5-3-2-4-6-15/h7-8,18H,2-6,9-10,17H2,1H3. The highest BCUT2D eigenvalue weighted by Crippen LogP contribution is 2.36. The fourth-order valence-electron chi connectivity index (χ4n) is 2.65. The van der Waals surface area contributed by atoms with E-state index in [1.807, 2.05) is 0 Å². The molecule has 1 aliphatic rings. The SMILES string of the molecule is COc1cc(Cl)cc(CN)c1OCC1(O)CCCCC1. The van der Waals surface area contributed by atoms with Gasteiger partial charge in [-0.15, -0.1) is 0 Å². The number of halogens is 1. The molecular formula is C15H22ClNO3. The molecule has 112 valence electrons. The number of aliphatic hydroxyl groups is 1. The summed E-state index contributed by atoms with van der Waals surface area (Å²) in [5.74, 6) is 1.13. The van der Waals surface area contributed by atoms with Crippen molar-refractivity contribution in [2.75, 3.05) is 13.7 Å². The molecule has 1 aromatic rings. The van der Waals surface area contributed by atoms with E-state index in [4.69, 9.17) is 26.8 Å². The zero-order chi connectivity index (χ0) is 14.6. The Morgan fingerprint density at radius 3 is 2.60 bits per heavy atom. The molecule has 1 aromatic carbocycles. The predicted molar refractivity (Wildman–Crippen MR) is 79.4 cm³/mol. The Kier molecular flexibility index (Phi) is 5.13. The van der Waals surface area contributed by atoms with Gasteiger partial charge in [0.25, 0.3) is 0 Å². The first kappa shape index (κ1) is 15.4. The van der Waals surface area contributed by atoms with Crippen LogP contribution in [0.2, 0.25) is 5.02 Å². The van der Waals surface area contributed by atoms with E-state index in [9.17, 15) is 5.11 Å². The van der Waals surface area contributed by atoms with Crippen molar-refractivity contribution in [3.8, 4) is 11.5 Å². The molecule has 20 heavy (non-hydrogen) atoms. The minimum atomic E-state index is -0.741. The first-order valence-electron chi connectivity index (χ1n) is 6.99. The summed E-state index contributed by atoms with van der Waals surface area (Å²) in [6, 6.07) is 3.46. The summed E-state index contributed by atoms with van der Waals surface area (Å²) in [6.45, 7) is 0.572. The van der Waals surface area contributed by atoms with Gasteiger partial charge in [-0.2, -0.15) is 0 Å². The van der Waals surface area contributed by atoms with Crippen molar-refractivity contribution in [2.45, 2.75) is 44.2 Å². The maximum absolute atomic E-state index is 10.5. The summed E-state index contributed by atoms with van der Waals surface area (Å²) in [4.78, 5) is 0. The van der Waals surface area contributed by atoms with E-state index >= 15 is 0 Å². The van der Waals surface area contributed by atoms with E-state index in [1.165, 1.54) is 6.42 Å². The van der Waals surface area contributed by atoms with Gasteiger partial charge in [0.1, 0.15) is 6.61 Å². The highest BCUT2D eigenvalue weighted by atomic mass is 35.5. The Balaban J connectivity index is 2.15. The Hall–Kier alpha value is -0.970. The average molecular weight is 300 g/mol. The molecule has 0 atom stereocenters. The number of benzene rings is 1. The van der Waals surface area contributed by atoms with Crippen LogP contribution in [0.15, 0.2) is 12.1 Å². The highest BCUT2D eigenvalue weighted by Gasteiger charge is 2.30. The van der Waals surface area contributed by atoms with E-state index in [2.05, 4.69) is 0 Å². The maximum Gasteiger partial charge on any atom is 0.165 e. The molecule has 2 rings (SSSR count). The van der Waals surface area contributed by atoms with Gasteiger partial charge >= 0.3 is 0 Å². The van der Waals surface area contributed by atoms with Crippen LogP contribution in [-0.2, 0) is 6.54 Å². The zero-order valence-electron chi connectivity index (χ0n) is 11.8. The molecule has 0 saturated heterocycles. The maximum atomic E-state index is 10.5. The number of rotatable bonds is 5. The Labute approximate surface area is 124 Å². The van der Waals surface area contributed by atoms with Crippen molar-refractivity contribution in [1.82, 2.24) is 0 Å². The second-order valence-corrected chi connectivity index (χ2v) is 5.81. The summed E-state index contributed by atoms with van der Waals surface area (Å²) in [6.07, 6.45) is 4.82. The van der Waals surface area contributed by atoms with Crippen LogP contribution in [0, 0.1) is 0 Å². The Morgan fingerprint density at radius 2 is 2.00 bits per heavy atom. The second-order valence-electron chi connectivity index (χ2n) is 5.37. The Morgan fingerprint density at radius 1 is 1.30 bits per heavy atom. The summed E-state index contributed by atoms with van der Waals surface area (Å²) in [7, 11) is 1.56. The molecule has 0 aromatic heterocycles. The topological polar surface area (TPSA) is 64.7 Å². The number of methoxy groups -OCH3 is 1. The van der Waals surface area contributed by atoms with Crippen molar-refractivity contribution >= 4 is 11.6 Å². The van der Waals surface area contributed by atoms with Crippen molar-refractivity contribution < 1.29 is 14.6 Å². The minimum Gasteiger partial charge on any atom is -0.493 e. The number of hydrogen-bond acceptors (Lipinski definition) is 4. The highest BCUT2D eigenvalue weighted by molar-refractivity contribution is 6.30. The summed E-state index contributed by atoms with van der Waals surface area (Å²) in [5.41, 5.74) is 5.77. The third-order valence-corrected chi connectivity index (χ3v) is 4.02. The largest absolute Gasteiger partial charge is 0.493 e. The molecule has 0 bridgehead atoms. The molecule has 3 N–H and O–H groups in total. The molecule has 0 spiro atoms. The molecule has 0 amide bonds. The van der Waals surface area contributed by atoms with Crippen LogP contribution in [0.4, 0.5) is 0 Å². The Bertz CT molecular complexity index is 433. The van der Waals surface area contributed by atoms with Gasteiger partial charge < -0.3 is 20.3 Å². The van der Waals surface area contributed by atoms with E-state index in [0.717, 1.165) is 31.2 Å². The molecule has 0 heterocycles. The molecule has 1 saturated carbocycles. The quantitative estimate of drug-likeness (QED) is 0.877. The molecule has 0 radical (unpaired) electrons. The van der Waals surface area contributed by atoms with E-state index < -0.39 is 5.60 Å². The molecular weight excluding hydrogens is 278 g/mol. The van der Waals surface area contributed by atoms with Gasteiger partial charge in [-0.1, -0.05) is 30.9 Å². The monoisotopic (exact) mass is 299 g/mol. The van der Waals surface area contributed by atoms with Crippen LogP contribution in [-0.4, -0.2) is 24.4 Å². The summed E-state index contributed by atoms with van der Waals surface area (Å²) < 4.78 is 11.1. The molecule has 1 fully saturated rings. The molecule has 5 heteroatoms. The normalized spacial score (nSPS) is 17.8. The lowest BCUT2D eigenvalue weighted by Crippen LogP contribution is -2.38. The molecule has 4 nitrogen and oxygen atoms in total. The first-order chi connectivity index (χ1) is 9.58. The average Bonchev–Trinajstić information content (AvgIpc) is 2.45. The zero-order valence-corrected chi connectivity index (χ0v) is 12.6. The van der Waals surface area contributed by atoms with Crippen LogP contribution < -0.4 is 15.2 Å². The van der Waals surface area contributed by atoms with Gasteiger partial charge in [0.05, 0.1) is 12.7 Å². The molecule has 1 aliphatic carbocycles. The molecule has 0 aliphatic heterocycles. The summed E-state index contributed by atoms with van der Waals surface area (Å²) >= 11 is 6.02. The smallest absolute Gasteiger partial charge is 0.165 e. The van der Waals surface area contributed by atoms with Crippen LogP contribution in [0.5, 0.6) is 11.5 Å². The number of nitrogens with two attached hydrogens (primary N) is 1. The van der Waals surface area contributed by atoms with Gasteiger partial charge in [-0.05, 0) is 18.9 Å². The van der Waals surface area contributed by atoms with E-state index in [0.29, 0.717) is 23.1 Å². The van der Waals surface area contributed by atoms with Crippen molar-refractivity contribution in [3.05, 3.63) is 22.7 Å². The predicted octanol–water partition coefficient (Wildman–Crippen LogP) is 2.88. The fourth-order valence-corrected chi connectivity index (χ4v) is 2.88.